The summed E-state index contributed by atoms with van der Waals surface area (Å²) in [6, 6.07) is 13.5. The van der Waals surface area contributed by atoms with Crippen molar-refractivity contribution >= 4 is 35.6 Å². The zero-order valence-electron chi connectivity index (χ0n) is 16.7. The lowest BCUT2D eigenvalue weighted by Crippen LogP contribution is -2.45. The van der Waals surface area contributed by atoms with Crippen LogP contribution in [0.5, 0.6) is 5.75 Å². The highest BCUT2D eigenvalue weighted by Gasteiger charge is 2.26. The van der Waals surface area contributed by atoms with Crippen molar-refractivity contribution in [3.63, 3.8) is 0 Å². The molecule has 0 aliphatic carbocycles. The summed E-state index contributed by atoms with van der Waals surface area (Å²) in [6.07, 6.45) is 2.43. The van der Waals surface area contributed by atoms with Gasteiger partial charge in [-0.3, -0.25) is 4.90 Å². The zero-order chi connectivity index (χ0) is 17.6. The molecular weight excluding hydrogens is 379 g/mol. The van der Waals surface area contributed by atoms with Crippen LogP contribution in [0.4, 0.5) is 0 Å². The van der Waals surface area contributed by atoms with Crippen LogP contribution in [0, 0.1) is 5.92 Å². The van der Waals surface area contributed by atoms with E-state index < -0.39 is 0 Å². The van der Waals surface area contributed by atoms with E-state index in [-0.39, 0.29) is 24.8 Å². The molecule has 1 aliphatic heterocycles. The summed E-state index contributed by atoms with van der Waals surface area (Å²) < 4.78 is 6.08. The normalized spacial score (nSPS) is 15.9. The molecule has 152 valence electrons. The summed E-state index contributed by atoms with van der Waals surface area (Å²) in [6.45, 7) is 11.8. The van der Waals surface area contributed by atoms with Crippen LogP contribution in [0.2, 0.25) is 0 Å². The Hall–Kier alpha value is -1.00. The lowest BCUT2D eigenvalue weighted by atomic mass is 9.91. The Morgan fingerprint density at radius 3 is 2.37 bits per heavy atom. The van der Waals surface area contributed by atoms with Gasteiger partial charge in [-0.05, 0) is 42.5 Å². The molecule has 3 rings (SSSR count). The molecule has 0 spiro atoms. The molecule has 0 amide bonds. The number of ether oxygens (including phenoxy) is 1. The van der Waals surface area contributed by atoms with Gasteiger partial charge in [0.15, 0.2) is 0 Å². The molecule has 1 saturated heterocycles. The van der Waals surface area contributed by atoms with E-state index in [9.17, 15) is 0 Å². The Morgan fingerprint density at radius 2 is 1.70 bits per heavy atom. The fourth-order valence-corrected chi connectivity index (χ4v) is 3.90. The van der Waals surface area contributed by atoms with Gasteiger partial charge >= 0.3 is 0 Å². The van der Waals surface area contributed by atoms with Gasteiger partial charge in [-0.15, -0.1) is 24.8 Å². The second kappa shape index (κ2) is 11.8. The molecule has 0 unspecified atom stereocenters. The molecule has 1 N–H and O–H groups in total. The van der Waals surface area contributed by atoms with Gasteiger partial charge in [0.2, 0.25) is 0 Å². The Labute approximate surface area is 176 Å². The zero-order valence-corrected chi connectivity index (χ0v) is 18.4. The van der Waals surface area contributed by atoms with E-state index in [4.69, 9.17) is 4.74 Å². The van der Waals surface area contributed by atoms with E-state index >= 15 is 0 Å². The van der Waals surface area contributed by atoms with E-state index in [2.05, 4.69) is 67.4 Å². The highest BCUT2D eigenvalue weighted by molar-refractivity contribution is 5.88. The van der Waals surface area contributed by atoms with Crippen molar-refractivity contribution in [3.8, 4) is 5.75 Å². The summed E-state index contributed by atoms with van der Waals surface area (Å²) >= 11 is 0. The molecule has 1 heterocycles. The van der Waals surface area contributed by atoms with Crippen LogP contribution in [-0.4, -0.2) is 37.7 Å². The smallest absolute Gasteiger partial charge is 0.124 e. The highest BCUT2D eigenvalue weighted by Crippen LogP contribution is 2.39. The summed E-state index contributed by atoms with van der Waals surface area (Å²) in [4.78, 5) is 2.66. The lowest BCUT2D eigenvalue weighted by Gasteiger charge is -2.37. The SMILES string of the molecule is CCOc1ccc2ccccc2c1[C@@H](CCC(C)C)N1CCNCC1.Cl.Cl. The van der Waals surface area contributed by atoms with E-state index in [1.165, 1.54) is 29.2 Å². The van der Waals surface area contributed by atoms with Crippen molar-refractivity contribution < 1.29 is 4.74 Å². The standard InChI is InChI=1S/C22H32N2O.2ClH/c1-4-25-21-12-10-18-7-5-6-8-19(18)22(21)20(11-9-17(2)3)24-15-13-23-14-16-24;;/h5-8,10,12,17,20,23H,4,9,11,13-16H2,1-3H3;2*1H/t20-;;/m1../s1. The summed E-state index contributed by atoms with van der Waals surface area (Å²) in [7, 11) is 0. The molecule has 1 fully saturated rings. The van der Waals surface area contributed by atoms with E-state index in [0.29, 0.717) is 12.6 Å². The molecule has 5 heteroatoms. The maximum absolute atomic E-state index is 6.08. The Bertz CT molecular complexity index is 687. The molecule has 2 aromatic carbocycles. The van der Waals surface area contributed by atoms with Crippen molar-refractivity contribution in [2.45, 2.75) is 39.7 Å². The van der Waals surface area contributed by atoms with Gasteiger partial charge in [-0.25, -0.2) is 0 Å². The third-order valence-corrected chi connectivity index (χ3v) is 5.17. The number of piperazine rings is 1. The number of halogens is 2. The largest absolute Gasteiger partial charge is 0.494 e. The minimum Gasteiger partial charge on any atom is -0.494 e. The third kappa shape index (κ3) is 5.99. The number of rotatable bonds is 7. The fraction of sp³-hybridized carbons (Fsp3) is 0.545. The summed E-state index contributed by atoms with van der Waals surface area (Å²) in [5.74, 6) is 1.78. The first-order valence-electron chi connectivity index (χ1n) is 9.80. The van der Waals surface area contributed by atoms with Crippen molar-refractivity contribution in [1.82, 2.24) is 10.2 Å². The molecule has 2 aromatic rings. The van der Waals surface area contributed by atoms with Gasteiger partial charge in [0, 0.05) is 37.8 Å². The molecule has 27 heavy (non-hydrogen) atoms. The Kier molecular flexibility index (Phi) is 10.5. The van der Waals surface area contributed by atoms with E-state index in [1.54, 1.807) is 0 Å². The highest BCUT2D eigenvalue weighted by atomic mass is 35.5. The predicted octanol–water partition coefficient (Wildman–Crippen LogP) is 5.46. The molecule has 0 saturated carbocycles. The molecular formula is C22H34Cl2N2O. The van der Waals surface area contributed by atoms with Gasteiger partial charge in [0.05, 0.1) is 6.61 Å². The van der Waals surface area contributed by atoms with Gasteiger partial charge in [-0.1, -0.05) is 44.2 Å². The van der Waals surface area contributed by atoms with Crippen LogP contribution < -0.4 is 10.1 Å². The monoisotopic (exact) mass is 412 g/mol. The average molecular weight is 413 g/mol. The third-order valence-electron chi connectivity index (χ3n) is 5.17. The number of hydrogen-bond donors (Lipinski definition) is 1. The molecule has 1 atom stereocenters. The predicted molar refractivity (Wildman–Crippen MR) is 121 cm³/mol. The maximum Gasteiger partial charge on any atom is 0.124 e. The van der Waals surface area contributed by atoms with E-state index in [1.807, 2.05) is 0 Å². The topological polar surface area (TPSA) is 24.5 Å². The second-order valence-electron chi connectivity index (χ2n) is 7.40. The average Bonchev–Trinajstić information content (AvgIpc) is 2.64. The Morgan fingerprint density at radius 1 is 1.00 bits per heavy atom. The molecule has 0 bridgehead atoms. The van der Waals surface area contributed by atoms with Gasteiger partial charge < -0.3 is 10.1 Å². The van der Waals surface area contributed by atoms with Crippen LogP contribution in [0.1, 0.15) is 45.2 Å². The van der Waals surface area contributed by atoms with Crippen molar-refractivity contribution in [2.75, 3.05) is 32.8 Å². The summed E-state index contributed by atoms with van der Waals surface area (Å²) in [5.41, 5.74) is 1.39. The Balaban J connectivity index is 0.00000182. The first-order valence-corrected chi connectivity index (χ1v) is 9.80. The van der Waals surface area contributed by atoms with Gasteiger partial charge in [0.1, 0.15) is 5.75 Å². The molecule has 3 nitrogen and oxygen atoms in total. The van der Waals surface area contributed by atoms with Crippen LogP contribution >= 0.6 is 24.8 Å². The van der Waals surface area contributed by atoms with E-state index in [0.717, 1.165) is 37.8 Å². The first kappa shape index (κ1) is 24.0. The molecule has 0 radical (unpaired) electrons. The van der Waals surface area contributed by atoms with Crippen LogP contribution in [0.15, 0.2) is 36.4 Å². The quantitative estimate of drug-likeness (QED) is 0.652. The molecule has 0 aromatic heterocycles. The first-order chi connectivity index (χ1) is 12.2. The van der Waals surface area contributed by atoms with Gasteiger partial charge in [0.25, 0.3) is 0 Å². The number of nitrogens with zero attached hydrogens (tertiary/aromatic N) is 1. The van der Waals surface area contributed by atoms with Crippen molar-refractivity contribution in [2.24, 2.45) is 5.92 Å². The number of nitrogens with one attached hydrogen (secondary N) is 1. The minimum atomic E-state index is 0. The number of benzene rings is 2. The fourth-order valence-electron chi connectivity index (χ4n) is 3.90. The minimum absolute atomic E-state index is 0. The van der Waals surface area contributed by atoms with Crippen molar-refractivity contribution in [3.05, 3.63) is 42.0 Å². The second-order valence-corrected chi connectivity index (χ2v) is 7.40. The van der Waals surface area contributed by atoms with Gasteiger partial charge in [-0.2, -0.15) is 0 Å². The number of fused-ring (bicyclic) bond motifs is 1. The van der Waals surface area contributed by atoms with Crippen LogP contribution in [-0.2, 0) is 0 Å². The summed E-state index contributed by atoms with van der Waals surface area (Å²) in [5, 5.41) is 6.15. The molecule has 1 aliphatic rings. The van der Waals surface area contributed by atoms with Crippen LogP contribution in [0.25, 0.3) is 10.8 Å². The lowest BCUT2D eigenvalue weighted by molar-refractivity contribution is 0.157. The van der Waals surface area contributed by atoms with Crippen LogP contribution in [0.3, 0.4) is 0 Å². The number of hydrogen-bond acceptors (Lipinski definition) is 3. The maximum atomic E-state index is 6.08. The van der Waals surface area contributed by atoms with Crippen molar-refractivity contribution in [1.29, 1.82) is 0 Å².